The van der Waals surface area contributed by atoms with Crippen LogP contribution in [0.2, 0.25) is 0 Å². The first-order valence-electron chi connectivity index (χ1n) is 7.38. The monoisotopic (exact) mass is 262 g/mol. The van der Waals surface area contributed by atoms with Crippen LogP contribution in [-0.4, -0.2) is 36.2 Å². The van der Waals surface area contributed by atoms with E-state index >= 15 is 0 Å². The van der Waals surface area contributed by atoms with Crippen molar-refractivity contribution in [2.45, 2.75) is 31.8 Å². The van der Waals surface area contributed by atoms with Crippen molar-refractivity contribution in [2.24, 2.45) is 11.7 Å². The molecule has 19 heavy (non-hydrogen) atoms. The van der Waals surface area contributed by atoms with Gasteiger partial charge in [0.25, 0.3) is 0 Å². The van der Waals surface area contributed by atoms with E-state index in [9.17, 15) is 5.11 Å². The van der Waals surface area contributed by atoms with Crippen LogP contribution in [0.15, 0.2) is 30.3 Å². The van der Waals surface area contributed by atoms with Crippen LogP contribution in [0.1, 0.15) is 31.7 Å². The standard InChI is InChI=1S/C16H26N2O/c1-2-6-14-9-10-18(11-14)13-16(19,12-17)15-7-4-3-5-8-15/h3-5,7-8,14,19H,2,6,9-13,17H2,1H3. The molecule has 1 aromatic carbocycles. The van der Waals surface area contributed by atoms with Crippen molar-refractivity contribution in [1.82, 2.24) is 4.90 Å². The molecule has 0 spiro atoms. The van der Waals surface area contributed by atoms with Gasteiger partial charge in [-0.25, -0.2) is 0 Å². The Bertz CT molecular complexity index is 382. The zero-order valence-corrected chi connectivity index (χ0v) is 11.9. The minimum absolute atomic E-state index is 0.270. The van der Waals surface area contributed by atoms with Gasteiger partial charge < -0.3 is 10.8 Å². The Balaban J connectivity index is 2.00. The molecule has 1 aliphatic rings. The Morgan fingerprint density at radius 3 is 2.74 bits per heavy atom. The van der Waals surface area contributed by atoms with E-state index in [1.165, 1.54) is 19.3 Å². The first kappa shape index (κ1) is 14.5. The number of rotatable bonds is 6. The molecule has 0 aliphatic carbocycles. The second kappa shape index (κ2) is 6.51. The third-order valence-electron chi connectivity index (χ3n) is 4.20. The van der Waals surface area contributed by atoms with Crippen molar-refractivity contribution in [1.29, 1.82) is 0 Å². The Hall–Kier alpha value is -0.900. The number of benzene rings is 1. The van der Waals surface area contributed by atoms with Gasteiger partial charge in [-0.05, 0) is 30.9 Å². The summed E-state index contributed by atoms with van der Waals surface area (Å²) >= 11 is 0. The predicted octanol–water partition coefficient (Wildman–Crippen LogP) is 1.95. The van der Waals surface area contributed by atoms with Crippen LogP contribution in [0.4, 0.5) is 0 Å². The lowest BCUT2D eigenvalue weighted by molar-refractivity contribution is 0.0122. The molecule has 0 bridgehead atoms. The molecule has 2 unspecified atom stereocenters. The lowest BCUT2D eigenvalue weighted by atomic mass is 9.93. The summed E-state index contributed by atoms with van der Waals surface area (Å²) in [6.45, 7) is 5.34. The molecule has 0 radical (unpaired) electrons. The minimum atomic E-state index is -0.914. The number of nitrogens with two attached hydrogens (primary N) is 1. The van der Waals surface area contributed by atoms with Crippen LogP contribution >= 0.6 is 0 Å². The first-order chi connectivity index (χ1) is 9.18. The summed E-state index contributed by atoms with van der Waals surface area (Å²) in [6.07, 6.45) is 3.80. The lowest BCUT2D eigenvalue weighted by Crippen LogP contribution is -2.45. The molecule has 3 nitrogen and oxygen atoms in total. The van der Waals surface area contributed by atoms with Gasteiger partial charge in [0.15, 0.2) is 0 Å². The van der Waals surface area contributed by atoms with E-state index in [0.717, 1.165) is 24.6 Å². The number of hydrogen-bond donors (Lipinski definition) is 2. The molecule has 0 saturated carbocycles. The highest BCUT2D eigenvalue weighted by Crippen LogP contribution is 2.26. The third kappa shape index (κ3) is 3.56. The molecule has 1 aliphatic heterocycles. The topological polar surface area (TPSA) is 49.5 Å². The fraction of sp³-hybridized carbons (Fsp3) is 0.625. The maximum Gasteiger partial charge on any atom is 0.114 e. The second-order valence-corrected chi connectivity index (χ2v) is 5.78. The van der Waals surface area contributed by atoms with Gasteiger partial charge in [0, 0.05) is 19.6 Å². The molecule has 106 valence electrons. The summed E-state index contributed by atoms with van der Waals surface area (Å²) in [5.74, 6) is 0.794. The quantitative estimate of drug-likeness (QED) is 0.824. The molecule has 3 N–H and O–H groups in total. The van der Waals surface area contributed by atoms with E-state index < -0.39 is 5.60 Å². The van der Waals surface area contributed by atoms with E-state index in [1.54, 1.807) is 0 Å². The van der Waals surface area contributed by atoms with Gasteiger partial charge in [-0.15, -0.1) is 0 Å². The molecule has 1 heterocycles. The highest BCUT2D eigenvalue weighted by Gasteiger charge is 2.33. The van der Waals surface area contributed by atoms with Crippen LogP contribution in [0, 0.1) is 5.92 Å². The summed E-state index contributed by atoms with van der Waals surface area (Å²) in [4.78, 5) is 2.36. The van der Waals surface area contributed by atoms with Crippen molar-refractivity contribution in [2.75, 3.05) is 26.2 Å². The van der Waals surface area contributed by atoms with Crippen LogP contribution in [-0.2, 0) is 5.60 Å². The van der Waals surface area contributed by atoms with Crippen molar-refractivity contribution < 1.29 is 5.11 Å². The lowest BCUT2D eigenvalue weighted by Gasteiger charge is -2.32. The van der Waals surface area contributed by atoms with Crippen LogP contribution in [0.3, 0.4) is 0 Å². The van der Waals surface area contributed by atoms with Crippen LogP contribution in [0.25, 0.3) is 0 Å². The molecule has 2 atom stereocenters. The molecule has 3 heteroatoms. The van der Waals surface area contributed by atoms with E-state index in [1.807, 2.05) is 30.3 Å². The summed E-state index contributed by atoms with van der Waals surface area (Å²) in [5, 5.41) is 10.8. The maximum absolute atomic E-state index is 10.8. The fourth-order valence-corrected chi connectivity index (χ4v) is 3.09. The van der Waals surface area contributed by atoms with Gasteiger partial charge in [-0.1, -0.05) is 43.7 Å². The fourth-order valence-electron chi connectivity index (χ4n) is 3.09. The van der Waals surface area contributed by atoms with Crippen molar-refractivity contribution in [3.8, 4) is 0 Å². The van der Waals surface area contributed by atoms with E-state index in [4.69, 9.17) is 5.73 Å². The van der Waals surface area contributed by atoms with Gasteiger partial charge in [-0.2, -0.15) is 0 Å². The summed E-state index contributed by atoms with van der Waals surface area (Å²) in [6, 6.07) is 9.81. The molecule has 1 saturated heterocycles. The smallest absolute Gasteiger partial charge is 0.114 e. The summed E-state index contributed by atoms with van der Waals surface area (Å²) in [7, 11) is 0. The Labute approximate surface area is 116 Å². The van der Waals surface area contributed by atoms with Gasteiger partial charge in [0.05, 0.1) is 0 Å². The SMILES string of the molecule is CCCC1CCN(CC(O)(CN)c2ccccc2)C1. The van der Waals surface area contributed by atoms with Gasteiger partial charge in [0.2, 0.25) is 0 Å². The predicted molar refractivity (Wildman–Crippen MR) is 78.8 cm³/mol. The molecular weight excluding hydrogens is 236 g/mol. The molecule has 0 aromatic heterocycles. The average molecular weight is 262 g/mol. The average Bonchev–Trinajstić information content (AvgIpc) is 2.87. The van der Waals surface area contributed by atoms with Crippen molar-refractivity contribution >= 4 is 0 Å². The summed E-state index contributed by atoms with van der Waals surface area (Å²) in [5.41, 5.74) is 5.85. The Kier molecular flexibility index (Phi) is 4.97. The van der Waals surface area contributed by atoms with Gasteiger partial charge in [0.1, 0.15) is 5.60 Å². The van der Waals surface area contributed by atoms with Gasteiger partial charge >= 0.3 is 0 Å². The maximum atomic E-state index is 10.8. The molecule has 1 aromatic rings. The van der Waals surface area contributed by atoms with Crippen LogP contribution in [0.5, 0.6) is 0 Å². The Morgan fingerprint density at radius 1 is 1.37 bits per heavy atom. The third-order valence-corrected chi connectivity index (χ3v) is 4.20. The zero-order valence-electron chi connectivity index (χ0n) is 11.9. The second-order valence-electron chi connectivity index (χ2n) is 5.78. The van der Waals surface area contributed by atoms with Crippen molar-refractivity contribution in [3.63, 3.8) is 0 Å². The summed E-state index contributed by atoms with van der Waals surface area (Å²) < 4.78 is 0. The van der Waals surface area contributed by atoms with Gasteiger partial charge in [-0.3, -0.25) is 4.90 Å². The number of likely N-dealkylation sites (tertiary alicyclic amines) is 1. The molecule has 0 amide bonds. The number of nitrogens with zero attached hydrogens (tertiary/aromatic N) is 1. The van der Waals surface area contributed by atoms with Crippen molar-refractivity contribution in [3.05, 3.63) is 35.9 Å². The molecule has 2 rings (SSSR count). The number of hydrogen-bond acceptors (Lipinski definition) is 3. The van der Waals surface area contributed by atoms with E-state index in [0.29, 0.717) is 6.54 Å². The minimum Gasteiger partial charge on any atom is -0.382 e. The largest absolute Gasteiger partial charge is 0.382 e. The highest BCUT2D eigenvalue weighted by atomic mass is 16.3. The normalized spacial score (nSPS) is 23.4. The van der Waals surface area contributed by atoms with E-state index in [-0.39, 0.29) is 6.54 Å². The zero-order chi connectivity index (χ0) is 13.7. The van der Waals surface area contributed by atoms with E-state index in [2.05, 4.69) is 11.8 Å². The first-order valence-corrected chi connectivity index (χ1v) is 7.38. The molecule has 1 fully saturated rings. The Morgan fingerprint density at radius 2 is 2.11 bits per heavy atom. The molecular formula is C16H26N2O. The van der Waals surface area contributed by atoms with Crippen LogP contribution < -0.4 is 5.73 Å². The number of β-amino-alcohol motifs (C(OH)–C–C–N with tert-alkyl or cyclic N) is 1. The highest BCUT2D eigenvalue weighted by molar-refractivity contribution is 5.23. The number of aliphatic hydroxyl groups is 1.